The van der Waals surface area contributed by atoms with E-state index in [-0.39, 0.29) is 0 Å². The van der Waals surface area contributed by atoms with E-state index < -0.39 is 17.8 Å². The molecule has 1 heterocycles. The molecule has 2 nitrogen and oxygen atoms in total. The van der Waals surface area contributed by atoms with Crippen LogP contribution < -0.4 is 0 Å². The number of likely N-dealkylation sites (tertiary alicyclic amines) is 1. The first kappa shape index (κ1) is 16.5. The second-order valence-corrected chi connectivity index (χ2v) is 8.09. The molecule has 1 unspecified atom stereocenters. The largest absolute Gasteiger partial charge is 0.384 e. The Hall–Kier alpha value is -1.00. The van der Waals surface area contributed by atoms with Crippen molar-refractivity contribution in [3.8, 4) is 0 Å². The van der Waals surface area contributed by atoms with Crippen molar-refractivity contribution in [3.05, 3.63) is 35.9 Å². The van der Waals surface area contributed by atoms with Crippen molar-refractivity contribution >= 4 is 0 Å². The van der Waals surface area contributed by atoms with E-state index in [1.165, 1.54) is 25.7 Å². The van der Waals surface area contributed by atoms with Crippen LogP contribution in [0.3, 0.4) is 0 Å². The lowest BCUT2D eigenvalue weighted by Gasteiger charge is -2.29. The van der Waals surface area contributed by atoms with Crippen molar-refractivity contribution in [2.45, 2.75) is 37.5 Å². The van der Waals surface area contributed by atoms with Crippen molar-refractivity contribution < 1.29 is 13.5 Å². The summed E-state index contributed by atoms with van der Waals surface area (Å²) < 4.78 is 34.2. The van der Waals surface area contributed by atoms with Gasteiger partial charge in [-0.2, -0.15) is 0 Å². The number of nitrogens with zero attached hydrogens (tertiary/aromatic N) is 1. The summed E-state index contributed by atoms with van der Waals surface area (Å²) in [7, 11) is 1.76. The van der Waals surface area contributed by atoms with Gasteiger partial charge in [0.15, 0.2) is 0 Å². The Labute approximate surface area is 143 Å². The molecular weight excluding hydrogens is 308 g/mol. The van der Waals surface area contributed by atoms with E-state index in [0.717, 1.165) is 25.3 Å². The monoisotopic (exact) mass is 335 g/mol. The van der Waals surface area contributed by atoms with Gasteiger partial charge in [-0.1, -0.05) is 43.2 Å². The van der Waals surface area contributed by atoms with E-state index in [0.29, 0.717) is 17.9 Å². The zero-order valence-electron chi connectivity index (χ0n) is 14.4. The van der Waals surface area contributed by atoms with Crippen LogP contribution in [0.2, 0.25) is 0 Å². The van der Waals surface area contributed by atoms with Crippen molar-refractivity contribution in [1.82, 2.24) is 4.90 Å². The fourth-order valence-corrected chi connectivity index (χ4v) is 5.37. The average molecular weight is 335 g/mol. The standard InChI is InChI=1S/C20H27F2NO/c1-24-13-16-11-23(14-19(16)9-5-6-10-19)12-17-18(20(17,21)22)15-7-3-2-4-8-15/h2-4,7-8,16-18H,5-6,9-14H2,1H3/t16?,17-,18-/m1/s1. The fourth-order valence-electron chi connectivity index (χ4n) is 5.37. The van der Waals surface area contributed by atoms with Crippen LogP contribution in [0.1, 0.15) is 37.2 Å². The van der Waals surface area contributed by atoms with Crippen LogP contribution in [0.4, 0.5) is 8.78 Å². The van der Waals surface area contributed by atoms with Crippen molar-refractivity contribution in [3.63, 3.8) is 0 Å². The lowest BCUT2D eigenvalue weighted by molar-refractivity contribution is 0.0841. The van der Waals surface area contributed by atoms with Crippen LogP contribution in [0, 0.1) is 17.3 Å². The van der Waals surface area contributed by atoms with Crippen LogP contribution in [0.25, 0.3) is 0 Å². The normalized spacial score (nSPS) is 34.0. The van der Waals surface area contributed by atoms with Crippen molar-refractivity contribution in [2.75, 3.05) is 33.4 Å². The first-order valence-electron chi connectivity index (χ1n) is 9.21. The van der Waals surface area contributed by atoms with Gasteiger partial charge in [0.25, 0.3) is 5.92 Å². The highest BCUT2D eigenvalue weighted by Crippen LogP contribution is 2.62. The summed E-state index contributed by atoms with van der Waals surface area (Å²) in [6.07, 6.45) is 5.03. The number of alkyl halides is 2. The van der Waals surface area contributed by atoms with Crippen LogP contribution in [-0.2, 0) is 4.74 Å². The molecule has 4 rings (SSSR count). The molecule has 1 aliphatic heterocycles. The SMILES string of the molecule is COCC1CN(C[C@@H]2[C@@H](c3ccccc3)C2(F)F)CC12CCCC2. The lowest BCUT2D eigenvalue weighted by Crippen LogP contribution is -2.30. The quantitative estimate of drug-likeness (QED) is 0.801. The van der Waals surface area contributed by atoms with Gasteiger partial charge in [0.05, 0.1) is 12.5 Å². The van der Waals surface area contributed by atoms with E-state index in [9.17, 15) is 8.78 Å². The highest BCUT2D eigenvalue weighted by molar-refractivity contribution is 5.32. The summed E-state index contributed by atoms with van der Waals surface area (Å²) in [6, 6.07) is 9.29. The third-order valence-electron chi connectivity index (χ3n) is 6.67. The molecule has 2 saturated carbocycles. The summed E-state index contributed by atoms with van der Waals surface area (Å²) >= 11 is 0. The molecule has 132 valence electrons. The molecule has 1 saturated heterocycles. The topological polar surface area (TPSA) is 12.5 Å². The molecule has 0 N–H and O–H groups in total. The van der Waals surface area contributed by atoms with Gasteiger partial charge in [0.1, 0.15) is 0 Å². The van der Waals surface area contributed by atoms with Gasteiger partial charge >= 0.3 is 0 Å². The van der Waals surface area contributed by atoms with Gasteiger partial charge in [-0.15, -0.1) is 0 Å². The van der Waals surface area contributed by atoms with Gasteiger partial charge in [-0.3, -0.25) is 0 Å². The molecule has 3 aliphatic rings. The number of hydrogen-bond donors (Lipinski definition) is 0. The molecular formula is C20H27F2NO. The van der Waals surface area contributed by atoms with Crippen molar-refractivity contribution in [2.24, 2.45) is 17.3 Å². The summed E-state index contributed by atoms with van der Waals surface area (Å²) in [4.78, 5) is 2.30. The molecule has 3 atom stereocenters. The van der Waals surface area contributed by atoms with Gasteiger partial charge < -0.3 is 9.64 Å². The first-order chi connectivity index (χ1) is 11.6. The maximum Gasteiger partial charge on any atom is 0.260 e. The number of halogens is 2. The van der Waals surface area contributed by atoms with E-state index in [1.807, 2.05) is 30.3 Å². The fraction of sp³-hybridized carbons (Fsp3) is 0.700. The van der Waals surface area contributed by atoms with Gasteiger partial charge in [0.2, 0.25) is 0 Å². The van der Waals surface area contributed by atoms with Gasteiger partial charge in [0, 0.05) is 38.6 Å². The van der Waals surface area contributed by atoms with E-state index in [2.05, 4.69) is 4.90 Å². The van der Waals surface area contributed by atoms with Gasteiger partial charge in [-0.25, -0.2) is 8.78 Å². The minimum atomic E-state index is -2.55. The maximum atomic E-state index is 14.4. The Kier molecular flexibility index (Phi) is 4.16. The molecule has 1 aromatic carbocycles. The smallest absolute Gasteiger partial charge is 0.260 e. The predicted molar refractivity (Wildman–Crippen MR) is 90.3 cm³/mol. The van der Waals surface area contributed by atoms with E-state index in [4.69, 9.17) is 4.74 Å². The Morgan fingerprint density at radius 2 is 1.88 bits per heavy atom. The third-order valence-corrected chi connectivity index (χ3v) is 6.67. The maximum absolute atomic E-state index is 14.4. The molecule has 24 heavy (non-hydrogen) atoms. The Morgan fingerprint density at radius 3 is 2.54 bits per heavy atom. The zero-order chi connectivity index (χ0) is 16.8. The van der Waals surface area contributed by atoms with Crippen LogP contribution in [0.15, 0.2) is 30.3 Å². The summed E-state index contributed by atoms with van der Waals surface area (Å²) in [5.41, 5.74) is 1.11. The number of rotatable bonds is 5. The van der Waals surface area contributed by atoms with Crippen molar-refractivity contribution in [1.29, 1.82) is 0 Å². The molecule has 2 aliphatic carbocycles. The minimum absolute atomic E-state index is 0.322. The number of methoxy groups -OCH3 is 1. The average Bonchev–Trinajstić information content (AvgIpc) is 2.93. The predicted octanol–water partition coefficient (Wildman–Crippen LogP) is 4.17. The molecule has 0 bridgehead atoms. The second-order valence-electron chi connectivity index (χ2n) is 8.09. The van der Waals surface area contributed by atoms with Crippen LogP contribution in [-0.4, -0.2) is 44.2 Å². The second kappa shape index (κ2) is 6.06. The highest BCUT2D eigenvalue weighted by atomic mass is 19.3. The number of hydrogen-bond acceptors (Lipinski definition) is 2. The van der Waals surface area contributed by atoms with Crippen LogP contribution >= 0.6 is 0 Å². The third kappa shape index (κ3) is 2.68. The highest BCUT2D eigenvalue weighted by Gasteiger charge is 2.69. The summed E-state index contributed by atoms with van der Waals surface area (Å²) in [5, 5.41) is 0. The molecule has 4 heteroatoms. The molecule has 0 aromatic heterocycles. The van der Waals surface area contributed by atoms with Crippen LogP contribution in [0.5, 0.6) is 0 Å². The molecule has 1 aromatic rings. The number of ether oxygens (including phenoxy) is 1. The first-order valence-corrected chi connectivity index (χ1v) is 9.21. The molecule has 3 fully saturated rings. The summed E-state index contributed by atoms with van der Waals surface area (Å²) in [6.45, 7) is 3.19. The summed E-state index contributed by atoms with van der Waals surface area (Å²) in [5.74, 6) is -3.17. The minimum Gasteiger partial charge on any atom is -0.384 e. The molecule has 1 spiro atoms. The van der Waals surface area contributed by atoms with E-state index >= 15 is 0 Å². The molecule has 0 radical (unpaired) electrons. The Bertz CT molecular complexity index is 570. The van der Waals surface area contributed by atoms with E-state index in [1.54, 1.807) is 7.11 Å². The molecule has 0 amide bonds. The Balaban J connectivity index is 1.44. The number of benzene rings is 1. The van der Waals surface area contributed by atoms with Gasteiger partial charge in [-0.05, 0) is 23.8 Å². The Morgan fingerprint density at radius 1 is 1.17 bits per heavy atom. The zero-order valence-corrected chi connectivity index (χ0v) is 14.4. The lowest BCUT2D eigenvalue weighted by atomic mass is 9.77.